The molecule has 0 atom stereocenters. The van der Waals surface area contributed by atoms with Gasteiger partial charge in [-0.05, 0) is 29.1 Å². The number of hydrogen-bond donors (Lipinski definition) is 2. The van der Waals surface area contributed by atoms with Crippen molar-refractivity contribution in [2.24, 2.45) is 11.0 Å². The van der Waals surface area contributed by atoms with Gasteiger partial charge in [-0.1, -0.05) is 36.6 Å². The number of aromatic nitrogens is 5. The van der Waals surface area contributed by atoms with Crippen LogP contribution in [0.5, 0.6) is 0 Å². The number of carbonyl (C=O) groups excluding carboxylic acids is 1. The minimum Gasteiger partial charge on any atom is -0.378 e. The van der Waals surface area contributed by atoms with Crippen LogP contribution in [0.15, 0.2) is 34.0 Å². The molecule has 3 N–H and O–H groups in total. The summed E-state index contributed by atoms with van der Waals surface area (Å²) in [4.78, 5) is 23.5. The number of anilines is 1. The van der Waals surface area contributed by atoms with Crippen LogP contribution in [0.3, 0.4) is 0 Å². The zero-order valence-electron chi connectivity index (χ0n) is 16.3. The molecule has 0 aliphatic heterocycles. The van der Waals surface area contributed by atoms with E-state index in [2.05, 4.69) is 35.8 Å². The Kier molecular flexibility index (Phi) is 5.64. The molecule has 1 amide bonds. The zero-order valence-corrected chi connectivity index (χ0v) is 16.3. The van der Waals surface area contributed by atoms with Gasteiger partial charge in [-0.2, -0.15) is 9.78 Å². The van der Waals surface area contributed by atoms with Gasteiger partial charge in [0.25, 0.3) is 11.6 Å². The first-order valence-corrected chi connectivity index (χ1v) is 9.67. The molecule has 1 saturated carbocycles. The topological polar surface area (TPSA) is 180 Å². The SMILES string of the molecule is Nc1nonc1-n1nnc(C(=O)N/N=C\C2CCCCC2)c1-c1cccc([N+](=O)[O-])c1. The molecule has 13 heteroatoms. The molecular weight excluding hydrogens is 406 g/mol. The molecule has 3 aromatic rings. The number of hydrazone groups is 1. The summed E-state index contributed by atoms with van der Waals surface area (Å²) in [5.74, 6) is -0.394. The van der Waals surface area contributed by atoms with Crippen molar-refractivity contribution in [1.29, 1.82) is 0 Å². The van der Waals surface area contributed by atoms with E-state index in [1.54, 1.807) is 12.3 Å². The summed E-state index contributed by atoms with van der Waals surface area (Å²) >= 11 is 0. The van der Waals surface area contributed by atoms with E-state index in [0.29, 0.717) is 11.5 Å². The van der Waals surface area contributed by atoms with Crippen LogP contribution in [0.4, 0.5) is 11.5 Å². The molecule has 0 unspecified atom stereocenters. The number of carbonyl (C=O) groups is 1. The maximum absolute atomic E-state index is 12.8. The number of nitrogens with two attached hydrogens (primary N) is 1. The van der Waals surface area contributed by atoms with Gasteiger partial charge in [0.2, 0.25) is 11.6 Å². The third-order valence-electron chi connectivity index (χ3n) is 5.01. The molecule has 2 aromatic heterocycles. The quantitative estimate of drug-likeness (QED) is 0.339. The lowest BCUT2D eigenvalue weighted by Crippen LogP contribution is -2.20. The number of rotatable bonds is 6. The molecule has 0 saturated heterocycles. The maximum Gasteiger partial charge on any atom is 0.294 e. The molecule has 160 valence electrons. The third kappa shape index (κ3) is 4.24. The molecule has 1 fully saturated rings. The maximum atomic E-state index is 12.8. The van der Waals surface area contributed by atoms with Crippen molar-refractivity contribution < 1.29 is 14.3 Å². The molecule has 4 rings (SSSR count). The number of nitrogens with zero attached hydrogens (tertiary/aromatic N) is 7. The number of non-ortho nitro benzene ring substituents is 1. The number of benzene rings is 1. The molecule has 13 nitrogen and oxygen atoms in total. The average molecular weight is 425 g/mol. The largest absolute Gasteiger partial charge is 0.378 e. The fourth-order valence-electron chi connectivity index (χ4n) is 3.48. The first kappa shape index (κ1) is 20.1. The van der Waals surface area contributed by atoms with Gasteiger partial charge >= 0.3 is 0 Å². The first-order chi connectivity index (χ1) is 15.0. The van der Waals surface area contributed by atoms with Crippen molar-refractivity contribution in [2.45, 2.75) is 32.1 Å². The minimum atomic E-state index is -0.630. The van der Waals surface area contributed by atoms with Crippen molar-refractivity contribution >= 4 is 23.6 Å². The average Bonchev–Trinajstić information content (AvgIpc) is 3.40. The number of nitrogens with one attached hydrogen (secondary N) is 1. The lowest BCUT2D eigenvalue weighted by Gasteiger charge is -2.16. The van der Waals surface area contributed by atoms with Gasteiger partial charge in [-0.25, -0.2) is 10.1 Å². The van der Waals surface area contributed by atoms with Crippen molar-refractivity contribution in [3.63, 3.8) is 0 Å². The standard InChI is InChI=1S/C18H19N9O4/c19-16-17(24-31-23-16)26-15(12-7-4-8-13(9-12)27(29)30)14(21-25-26)18(28)22-20-10-11-5-2-1-3-6-11/h4,7-11H,1-3,5-6H2,(H2,19,23)(H,22,28)/b20-10-. The summed E-state index contributed by atoms with van der Waals surface area (Å²) in [6, 6.07) is 5.69. The second kappa shape index (κ2) is 8.69. The van der Waals surface area contributed by atoms with Crippen LogP contribution in [-0.4, -0.2) is 42.4 Å². The second-order valence-electron chi connectivity index (χ2n) is 7.10. The Labute approximate surface area is 175 Å². The van der Waals surface area contributed by atoms with Gasteiger partial charge in [0.1, 0.15) is 5.69 Å². The lowest BCUT2D eigenvalue weighted by atomic mass is 9.90. The van der Waals surface area contributed by atoms with Gasteiger partial charge in [-0.3, -0.25) is 14.9 Å². The first-order valence-electron chi connectivity index (χ1n) is 9.67. The summed E-state index contributed by atoms with van der Waals surface area (Å²) < 4.78 is 5.75. The minimum absolute atomic E-state index is 0.00115. The highest BCUT2D eigenvalue weighted by Gasteiger charge is 2.26. The van der Waals surface area contributed by atoms with E-state index >= 15 is 0 Å². The van der Waals surface area contributed by atoms with Crippen LogP contribution in [0, 0.1) is 16.0 Å². The van der Waals surface area contributed by atoms with E-state index in [4.69, 9.17) is 5.73 Å². The van der Waals surface area contributed by atoms with E-state index in [0.717, 1.165) is 30.4 Å². The van der Waals surface area contributed by atoms with Crippen LogP contribution in [0.2, 0.25) is 0 Å². The van der Waals surface area contributed by atoms with Crippen molar-refractivity contribution in [3.05, 3.63) is 40.1 Å². The van der Waals surface area contributed by atoms with E-state index in [1.165, 1.54) is 24.6 Å². The van der Waals surface area contributed by atoms with Gasteiger partial charge in [-0.15, -0.1) is 5.10 Å². The molecule has 0 bridgehead atoms. The Hall–Kier alpha value is -4.16. The van der Waals surface area contributed by atoms with E-state index in [1.807, 2.05) is 0 Å². The van der Waals surface area contributed by atoms with E-state index < -0.39 is 10.8 Å². The highest BCUT2D eigenvalue weighted by molar-refractivity contribution is 5.98. The summed E-state index contributed by atoms with van der Waals surface area (Å²) in [6.45, 7) is 0. The normalized spacial score (nSPS) is 14.7. The lowest BCUT2D eigenvalue weighted by molar-refractivity contribution is -0.384. The fourth-order valence-corrected chi connectivity index (χ4v) is 3.48. The van der Waals surface area contributed by atoms with Crippen LogP contribution in [-0.2, 0) is 0 Å². The number of nitrogen functional groups attached to an aromatic ring is 1. The van der Waals surface area contributed by atoms with Gasteiger partial charge < -0.3 is 5.73 Å². The van der Waals surface area contributed by atoms with E-state index in [-0.39, 0.29) is 28.7 Å². The van der Waals surface area contributed by atoms with Crippen molar-refractivity contribution in [3.8, 4) is 17.1 Å². The fraction of sp³-hybridized carbons (Fsp3) is 0.333. The molecule has 0 radical (unpaired) electrons. The molecule has 1 aromatic carbocycles. The Morgan fingerprint density at radius 2 is 2.13 bits per heavy atom. The van der Waals surface area contributed by atoms with E-state index in [9.17, 15) is 14.9 Å². The van der Waals surface area contributed by atoms with Crippen LogP contribution >= 0.6 is 0 Å². The molecule has 1 aliphatic carbocycles. The summed E-state index contributed by atoms with van der Waals surface area (Å²) in [5, 5.41) is 30.3. The predicted molar refractivity (Wildman–Crippen MR) is 108 cm³/mol. The molecule has 2 heterocycles. The second-order valence-corrected chi connectivity index (χ2v) is 7.10. The smallest absolute Gasteiger partial charge is 0.294 e. The van der Waals surface area contributed by atoms with Crippen molar-refractivity contribution in [1.82, 2.24) is 30.7 Å². The predicted octanol–water partition coefficient (Wildman–Crippen LogP) is 2.10. The molecule has 1 aliphatic rings. The Bertz CT molecular complexity index is 1130. The number of hydrogen-bond acceptors (Lipinski definition) is 10. The number of nitro benzene ring substituents is 1. The molecular formula is C18H19N9O4. The van der Waals surface area contributed by atoms with Gasteiger partial charge in [0, 0.05) is 23.9 Å². The summed E-state index contributed by atoms with van der Waals surface area (Å²) in [6.07, 6.45) is 7.30. The number of amides is 1. The third-order valence-corrected chi connectivity index (χ3v) is 5.01. The zero-order chi connectivity index (χ0) is 21.8. The Morgan fingerprint density at radius 1 is 1.32 bits per heavy atom. The Balaban J connectivity index is 1.69. The molecule has 0 spiro atoms. The van der Waals surface area contributed by atoms with Crippen molar-refractivity contribution in [2.75, 3.05) is 5.73 Å². The van der Waals surface area contributed by atoms with Crippen LogP contribution < -0.4 is 11.2 Å². The van der Waals surface area contributed by atoms with Crippen LogP contribution in [0.25, 0.3) is 17.1 Å². The summed E-state index contributed by atoms with van der Waals surface area (Å²) in [5.41, 5.74) is 8.38. The van der Waals surface area contributed by atoms with Gasteiger partial charge in [0.05, 0.1) is 4.92 Å². The van der Waals surface area contributed by atoms with Gasteiger partial charge in [0.15, 0.2) is 5.69 Å². The monoisotopic (exact) mass is 425 g/mol. The Morgan fingerprint density at radius 3 is 2.84 bits per heavy atom. The highest BCUT2D eigenvalue weighted by atomic mass is 16.6. The summed E-state index contributed by atoms with van der Waals surface area (Å²) in [7, 11) is 0. The molecule has 31 heavy (non-hydrogen) atoms. The number of nitro groups is 1. The van der Waals surface area contributed by atoms with Crippen LogP contribution in [0.1, 0.15) is 42.6 Å². The highest BCUT2D eigenvalue weighted by Crippen LogP contribution is 2.29.